The summed E-state index contributed by atoms with van der Waals surface area (Å²) in [6, 6.07) is 8.66. The van der Waals surface area contributed by atoms with Crippen LogP contribution in [0.3, 0.4) is 0 Å². The molecule has 33 heavy (non-hydrogen) atoms. The maximum atomic E-state index is 13.9. The van der Waals surface area contributed by atoms with Gasteiger partial charge in [-0.05, 0) is 55.2 Å². The third kappa shape index (κ3) is 6.15. The molecule has 6 nitrogen and oxygen atoms in total. The Hall–Kier alpha value is -3.29. The number of likely N-dealkylation sites (tertiary alicyclic amines) is 1. The van der Waals surface area contributed by atoms with Crippen molar-refractivity contribution < 1.29 is 23.2 Å². The normalized spacial score (nSPS) is 15.0. The molecular formula is C25H29F2N3O3. The van der Waals surface area contributed by atoms with E-state index >= 15 is 0 Å². The predicted molar refractivity (Wildman–Crippen MR) is 122 cm³/mol. The summed E-state index contributed by atoms with van der Waals surface area (Å²) in [4.78, 5) is 39.8. The molecule has 0 saturated carbocycles. The molecular weight excluding hydrogens is 428 g/mol. The van der Waals surface area contributed by atoms with E-state index in [0.717, 1.165) is 57.0 Å². The van der Waals surface area contributed by atoms with Crippen molar-refractivity contribution in [3.05, 3.63) is 65.2 Å². The Bertz CT molecular complexity index is 980. The molecule has 0 unspecified atom stereocenters. The number of anilines is 1. The first-order chi connectivity index (χ1) is 15.8. The van der Waals surface area contributed by atoms with Gasteiger partial charge < -0.3 is 15.5 Å². The molecule has 1 aliphatic heterocycles. The zero-order valence-electron chi connectivity index (χ0n) is 18.9. The van der Waals surface area contributed by atoms with E-state index in [2.05, 4.69) is 10.6 Å². The first-order valence-electron chi connectivity index (χ1n) is 11.2. The lowest BCUT2D eigenvalue weighted by molar-refractivity contribution is -0.118. The van der Waals surface area contributed by atoms with Crippen LogP contribution in [0.1, 0.15) is 60.2 Å². The summed E-state index contributed by atoms with van der Waals surface area (Å²) in [5.74, 6) is -3.90. The summed E-state index contributed by atoms with van der Waals surface area (Å²) < 4.78 is 27.9. The van der Waals surface area contributed by atoms with Crippen molar-refractivity contribution in [3.63, 3.8) is 0 Å². The first kappa shape index (κ1) is 24.4. The Morgan fingerprint density at radius 1 is 0.879 bits per heavy atom. The van der Waals surface area contributed by atoms with E-state index in [1.807, 2.05) is 4.90 Å². The maximum absolute atomic E-state index is 13.9. The van der Waals surface area contributed by atoms with Crippen molar-refractivity contribution in [2.75, 3.05) is 18.4 Å². The number of benzene rings is 2. The summed E-state index contributed by atoms with van der Waals surface area (Å²) in [5, 5.41) is 5.12. The largest absolute Gasteiger partial charge is 0.340 e. The van der Waals surface area contributed by atoms with Crippen LogP contribution >= 0.6 is 0 Å². The predicted octanol–water partition coefficient (Wildman–Crippen LogP) is 4.37. The van der Waals surface area contributed by atoms with Gasteiger partial charge in [-0.2, -0.15) is 0 Å². The summed E-state index contributed by atoms with van der Waals surface area (Å²) in [5.41, 5.74) is 0.260. The lowest BCUT2D eigenvalue weighted by Crippen LogP contribution is -2.47. The summed E-state index contributed by atoms with van der Waals surface area (Å²) in [6.07, 6.45) is 4.26. The topological polar surface area (TPSA) is 78.5 Å². The van der Waals surface area contributed by atoms with Crippen LogP contribution in [0.4, 0.5) is 14.5 Å². The number of nitrogens with one attached hydrogen (secondary N) is 2. The molecule has 2 aromatic carbocycles. The van der Waals surface area contributed by atoms with E-state index < -0.39 is 35.1 Å². The quantitative estimate of drug-likeness (QED) is 0.676. The SMILES string of the molecule is CC(C)[C@H](NC(=O)c1c(F)cccc1F)C(=O)Nc1ccc(C(=O)N2CCCCCC2)cc1. The van der Waals surface area contributed by atoms with E-state index in [1.54, 1.807) is 38.1 Å². The highest BCUT2D eigenvalue weighted by Gasteiger charge is 2.27. The molecule has 0 radical (unpaired) electrons. The highest BCUT2D eigenvalue weighted by atomic mass is 19.1. The second kappa shape index (κ2) is 11.0. The molecule has 0 spiro atoms. The summed E-state index contributed by atoms with van der Waals surface area (Å²) >= 11 is 0. The molecule has 2 N–H and O–H groups in total. The van der Waals surface area contributed by atoms with Gasteiger partial charge in [0.05, 0.1) is 0 Å². The van der Waals surface area contributed by atoms with Crippen LogP contribution in [0.25, 0.3) is 0 Å². The number of amides is 3. The van der Waals surface area contributed by atoms with Gasteiger partial charge in [-0.1, -0.05) is 32.8 Å². The van der Waals surface area contributed by atoms with Gasteiger partial charge in [0, 0.05) is 24.3 Å². The second-order valence-electron chi connectivity index (χ2n) is 8.56. The Kier molecular flexibility index (Phi) is 8.14. The van der Waals surface area contributed by atoms with Gasteiger partial charge in [0.15, 0.2) is 0 Å². The zero-order chi connectivity index (χ0) is 24.0. The molecule has 1 atom stereocenters. The third-order valence-electron chi connectivity index (χ3n) is 5.72. The van der Waals surface area contributed by atoms with Crippen LogP contribution in [0.5, 0.6) is 0 Å². The molecule has 1 aliphatic rings. The monoisotopic (exact) mass is 457 g/mol. The number of halogens is 2. The fourth-order valence-electron chi connectivity index (χ4n) is 3.84. The van der Waals surface area contributed by atoms with Crippen LogP contribution in [0, 0.1) is 17.6 Å². The summed E-state index contributed by atoms with van der Waals surface area (Å²) in [7, 11) is 0. The fourth-order valence-corrected chi connectivity index (χ4v) is 3.84. The number of hydrogen-bond donors (Lipinski definition) is 2. The Morgan fingerprint density at radius 3 is 2.00 bits per heavy atom. The van der Waals surface area contributed by atoms with Crippen molar-refractivity contribution in [2.45, 2.75) is 45.6 Å². The second-order valence-corrected chi connectivity index (χ2v) is 8.56. The lowest BCUT2D eigenvalue weighted by Gasteiger charge is -2.22. The first-order valence-corrected chi connectivity index (χ1v) is 11.2. The summed E-state index contributed by atoms with van der Waals surface area (Å²) in [6.45, 7) is 4.92. The van der Waals surface area contributed by atoms with E-state index in [-0.39, 0.29) is 11.8 Å². The van der Waals surface area contributed by atoms with Crippen molar-refractivity contribution in [3.8, 4) is 0 Å². The van der Waals surface area contributed by atoms with Crippen LogP contribution < -0.4 is 10.6 Å². The van der Waals surface area contributed by atoms with Gasteiger partial charge in [0.1, 0.15) is 23.2 Å². The van der Waals surface area contributed by atoms with Crippen molar-refractivity contribution in [1.29, 1.82) is 0 Å². The van der Waals surface area contributed by atoms with E-state index in [0.29, 0.717) is 11.3 Å². The molecule has 1 saturated heterocycles. The van der Waals surface area contributed by atoms with Gasteiger partial charge >= 0.3 is 0 Å². The van der Waals surface area contributed by atoms with Gasteiger partial charge in [-0.3, -0.25) is 14.4 Å². The molecule has 1 heterocycles. The third-order valence-corrected chi connectivity index (χ3v) is 5.72. The van der Waals surface area contributed by atoms with Crippen LogP contribution in [0.15, 0.2) is 42.5 Å². The number of nitrogens with zero attached hydrogens (tertiary/aromatic N) is 1. The van der Waals surface area contributed by atoms with Crippen molar-refractivity contribution >= 4 is 23.4 Å². The number of carbonyl (C=O) groups excluding carboxylic acids is 3. The Balaban J connectivity index is 1.66. The van der Waals surface area contributed by atoms with Gasteiger partial charge in [0.25, 0.3) is 11.8 Å². The number of rotatable bonds is 6. The van der Waals surface area contributed by atoms with Gasteiger partial charge in [-0.25, -0.2) is 8.78 Å². The van der Waals surface area contributed by atoms with Crippen LogP contribution in [-0.2, 0) is 4.79 Å². The van der Waals surface area contributed by atoms with Crippen molar-refractivity contribution in [1.82, 2.24) is 10.2 Å². The average molecular weight is 458 g/mol. The van der Waals surface area contributed by atoms with Crippen molar-refractivity contribution in [2.24, 2.45) is 5.92 Å². The Morgan fingerprint density at radius 2 is 1.45 bits per heavy atom. The molecule has 3 amide bonds. The molecule has 2 aromatic rings. The molecule has 8 heteroatoms. The van der Waals surface area contributed by atoms with E-state index in [1.165, 1.54) is 0 Å². The Labute approximate surface area is 192 Å². The van der Waals surface area contributed by atoms with Crippen LogP contribution in [-0.4, -0.2) is 41.8 Å². The molecule has 0 aliphatic carbocycles. The minimum atomic E-state index is -1.02. The van der Waals surface area contributed by atoms with Gasteiger partial charge in [-0.15, -0.1) is 0 Å². The molecule has 3 rings (SSSR count). The zero-order valence-corrected chi connectivity index (χ0v) is 18.9. The molecule has 176 valence electrons. The fraction of sp³-hybridized carbons (Fsp3) is 0.400. The maximum Gasteiger partial charge on any atom is 0.257 e. The minimum Gasteiger partial charge on any atom is -0.340 e. The van der Waals surface area contributed by atoms with Crippen LogP contribution in [0.2, 0.25) is 0 Å². The van der Waals surface area contributed by atoms with E-state index in [4.69, 9.17) is 0 Å². The van der Waals surface area contributed by atoms with E-state index in [9.17, 15) is 23.2 Å². The standard InChI is InChI=1S/C25H29F2N3O3/c1-16(2)22(29-23(31)21-19(26)8-7-9-20(21)27)24(32)28-18-12-10-17(11-13-18)25(33)30-14-5-3-4-6-15-30/h7-13,16,22H,3-6,14-15H2,1-2H3,(H,28,32)(H,29,31)/t22-/m0/s1. The highest BCUT2D eigenvalue weighted by molar-refractivity contribution is 6.02. The molecule has 1 fully saturated rings. The highest BCUT2D eigenvalue weighted by Crippen LogP contribution is 2.17. The molecule has 0 aromatic heterocycles. The molecule has 0 bridgehead atoms. The van der Waals surface area contributed by atoms with Gasteiger partial charge in [0.2, 0.25) is 5.91 Å². The smallest absolute Gasteiger partial charge is 0.257 e. The number of carbonyl (C=O) groups is 3. The number of hydrogen-bond acceptors (Lipinski definition) is 3. The lowest BCUT2D eigenvalue weighted by atomic mass is 10.0. The average Bonchev–Trinajstić information content (AvgIpc) is 3.06. The minimum absolute atomic E-state index is 0.0333.